The lowest BCUT2D eigenvalue weighted by Crippen LogP contribution is -2.18. The fourth-order valence-electron chi connectivity index (χ4n) is 3.22. The van der Waals surface area contributed by atoms with E-state index in [2.05, 4.69) is 10.4 Å². The Labute approximate surface area is 190 Å². The number of amides is 1. The largest absolute Gasteiger partial charge is 0.486 e. The number of nitrogens with zero attached hydrogens (tertiary/aromatic N) is 2. The number of nitrogens with one attached hydrogen (secondary N) is 1. The van der Waals surface area contributed by atoms with Crippen molar-refractivity contribution in [1.82, 2.24) is 9.78 Å². The molecule has 0 saturated carbocycles. The molecule has 0 fully saturated rings. The van der Waals surface area contributed by atoms with Crippen LogP contribution in [0.5, 0.6) is 17.2 Å². The van der Waals surface area contributed by atoms with E-state index in [4.69, 9.17) is 14.2 Å². The highest BCUT2D eigenvalue weighted by atomic mass is 16.5. The van der Waals surface area contributed by atoms with Gasteiger partial charge in [0.1, 0.15) is 37.0 Å². The summed E-state index contributed by atoms with van der Waals surface area (Å²) in [6, 6.07) is 21.9. The SMILES string of the molecule is COCC(=O)Nc1ccc2c(cnn2CC(=O)COc2ccc(Oc3ccccc3)cc2)c1. The first-order valence-corrected chi connectivity index (χ1v) is 10.3. The summed E-state index contributed by atoms with van der Waals surface area (Å²) in [5.74, 6) is 1.64. The van der Waals surface area contributed by atoms with Crippen molar-refractivity contribution in [3.8, 4) is 17.2 Å². The topological polar surface area (TPSA) is 91.7 Å². The molecule has 0 radical (unpaired) electrons. The van der Waals surface area contributed by atoms with Crippen molar-refractivity contribution in [2.24, 2.45) is 0 Å². The average molecular weight is 445 g/mol. The minimum Gasteiger partial charge on any atom is -0.486 e. The summed E-state index contributed by atoms with van der Waals surface area (Å²) in [7, 11) is 1.46. The molecule has 0 aliphatic carbocycles. The van der Waals surface area contributed by atoms with Crippen molar-refractivity contribution < 1.29 is 23.8 Å². The molecule has 0 saturated heterocycles. The van der Waals surface area contributed by atoms with Crippen molar-refractivity contribution in [3.63, 3.8) is 0 Å². The number of carbonyl (C=O) groups is 2. The van der Waals surface area contributed by atoms with Crippen LogP contribution in [-0.2, 0) is 20.9 Å². The van der Waals surface area contributed by atoms with E-state index in [9.17, 15) is 9.59 Å². The van der Waals surface area contributed by atoms with Crippen LogP contribution >= 0.6 is 0 Å². The lowest BCUT2D eigenvalue weighted by Gasteiger charge is -2.09. The van der Waals surface area contributed by atoms with Gasteiger partial charge in [-0.3, -0.25) is 14.3 Å². The fraction of sp³-hybridized carbons (Fsp3) is 0.160. The van der Waals surface area contributed by atoms with Gasteiger partial charge in [-0.05, 0) is 54.6 Å². The van der Waals surface area contributed by atoms with Crippen LogP contribution in [0.1, 0.15) is 0 Å². The molecule has 0 unspecified atom stereocenters. The van der Waals surface area contributed by atoms with Gasteiger partial charge in [-0.2, -0.15) is 5.10 Å². The lowest BCUT2D eigenvalue weighted by molar-refractivity contribution is -0.121. The van der Waals surface area contributed by atoms with Crippen LogP contribution in [-0.4, -0.2) is 41.8 Å². The molecule has 33 heavy (non-hydrogen) atoms. The van der Waals surface area contributed by atoms with Crippen LogP contribution in [0.25, 0.3) is 10.9 Å². The van der Waals surface area contributed by atoms with E-state index in [1.807, 2.05) is 36.4 Å². The molecule has 4 rings (SSSR count). The number of hydrogen-bond donors (Lipinski definition) is 1. The molecule has 0 atom stereocenters. The molecule has 0 aliphatic rings. The number of aromatic nitrogens is 2. The van der Waals surface area contributed by atoms with Crippen molar-refractivity contribution in [2.75, 3.05) is 25.6 Å². The third-order valence-corrected chi connectivity index (χ3v) is 4.73. The maximum absolute atomic E-state index is 12.4. The summed E-state index contributed by atoms with van der Waals surface area (Å²) in [4.78, 5) is 24.1. The van der Waals surface area contributed by atoms with Crippen molar-refractivity contribution in [2.45, 2.75) is 6.54 Å². The normalized spacial score (nSPS) is 10.7. The van der Waals surface area contributed by atoms with E-state index < -0.39 is 0 Å². The molecule has 0 bridgehead atoms. The second kappa shape index (κ2) is 10.4. The van der Waals surface area contributed by atoms with Gasteiger partial charge in [0, 0.05) is 18.2 Å². The molecule has 4 aromatic rings. The number of anilines is 1. The number of hydrogen-bond acceptors (Lipinski definition) is 6. The van der Waals surface area contributed by atoms with Gasteiger partial charge in [0.25, 0.3) is 0 Å². The van der Waals surface area contributed by atoms with Gasteiger partial charge in [-0.15, -0.1) is 0 Å². The molecule has 8 heteroatoms. The summed E-state index contributed by atoms with van der Waals surface area (Å²) in [6.07, 6.45) is 1.65. The summed E-state index contributed by atoms with van der Waals surface area (Å²) in [5, 5.41) is 7.84. The average Bonchev–Trinajstić information content (AvgIpc) is 3.21. The Kier molecular flexibility index (Phi) is 6.96. The summed E-state index contributed by atoms with van der Waals surface area (Å²) in [5.41, 5.74) is 1.42. The molecule has 0 spiro atoms. The van der Waals surface area contributed by atoms with Crippen LogP contribution < -0.4 is 14.8 Å². The number of Topliss-reactive ketones (excluding diaryl/α,β-unsaturated/α-hetero) is 1. The van der Waals surface area contributed by atoms with E-state index >= 15 is 0 Å². The molecule has 168 valence electrons. The van der Waals surface area contributed by atoms with E-state index in [-0.39, 0.29) is 31.4 Å². The van der Waals surface area contributed by atoms with Crippen LogP contribution in [0.3, 0.4) is 0 Å². The third-order valence-electron chi connectivity index (χ3n) is 4.73. The minimum absolute atomic E-state index is 0.0193. The first-order chi connectivity index (χ1) is 16.1. The smallest absolute Gasteiger partial charge is 0.250 e. The first kappa shape index (κ1) is 22.0. The highest BCUT2D eigenvalue weighted by molar-refractivity contribution is 5.94. The molecule has 1 heterocycles. The van der Waals surface area contributed by atoms with Crippen molar-refractivity contribution >= 4 is 28.3 Å². The van der Waals surface area contributed by atoms with Gasteiger partial charge >= 0.3 is 0 Å². The van der Waals surface area contributed by atoms with Gasteiger partial charge in [0.2, 0.25) is 5.91 Å². The van der Waals surface area contributed by atoms with E-state index in [0.717, 1.165) is 16.7 Å². The maximum atomic E-state index is 12.4. The highest BCUT2D eigenvalue weighted by Crippen LogP contribution is 2.23. The Balaban J connectivity index is 1.31. The number of benzene rings is 3. The Morgan fingerprint density at radius 1 is 0.909 bits per heavy atom. The number of ether oxygens (including phenoxy) is 3. The summed E-state index contributed by atoms with van der Waals surface area (Å²) < 4.78 is 17.8. The van der Waals surface area contributed by atoms with Gasteiger partial charge in [0.05, 0.1) is 11.7 Å². The standard InChI is InChI=1S/C25H23N3O5/c1-31-17-25(30)27-19-7-12-24-18(13-19)14-26-28(24)15-20(29)16-32-21-8-10-23(11-9-21)33-22-5-3-2-4-6-22/h2-14H,15-17H2,1H3,(H,27,30). The van der Waals surface area contributed by atoms with E-state index in [0.29, 0.717) is 17.2 Å². The van der Waals surface area contributed by atoms with Gasteiger partial charge in [-0.25, -0.2) is 0 Å². The zero-order chi connectivity index (χ0) is 23.0. The van der Waals surface area contributed by atoms with Crippen LogP contribution in [0.2, 0.25) is 0 Å². The Hall–Kier alpha value is -4.17. The molecular formula is C25H23N3O5. The van der Waals surface area contributed by atoms with E-state index in [1.165, 1.54) is 7.11 Å². The van der Waals surface area contributed by atoms with Gasteiger partial charge in [0.15, 0.2) is 5.78 Å². The number of para-hydroxylation sites is 1. The Morgan fingerprint density at radius 3 is 2.39 bits per heavy atom. The summed E-state index contributed by atoms with van der Waals surface area (Å²) >= 11 is 0. The predicted molar refractivity (Wildman–Crippen MR) is 124 cm³/mol. The van der Waals surface area contributed by atoms with Gasteiger partial charge in [-0.1, -0.05) is 18.2 Å². The number of methoxy groups -OCH3 is 1. The van der Waals surface area contributed by atoms with Crippen LogP contribution in [0.4, 0.5) is 5.69 Å². The molecule has 0 aliphatic heterocycles. The Morgan fingerprint density at radius 2 is 1.64 bits per heavy atom. The Bertz CT molecular complexity index is 1240. The minimum atomic E-state index is -0.240. The molecular weight excluding hydrogens is 422 g/mol. The molecule has 1 aromatic heterocycles. The lowest BCUT2D eigenvalue weighted by atomic mass is 10.2. The zero-order valence-electron chi connectivity index (χ0n) is 18.1. The number of rotatable bonds is 10. The van der Waals surface area contributed by atoms with Crippen LogP contribution in [0, 0.1) is 0 Å². The quantitative estimate of drug-likeness (QED) is 0.396. The first-order valence-electron chi connectivity index (χ1n) is 10.3. The van der Waals surface area contributed by atoms with Gasteiger partial charge < -0.3 is 19.5 Å². The second-order valence-electron chi connectivity index (χ2n) is 7.27. The van der Waals surface area contributed by atoms with E-state index in [1.54, 1.807) is 47.3 Å². The molecule has 1 N–H and O–H groups in total. The predicted octanol–water partition coefficient (Wildman–Crippen LogP) is 4.06. The third kappa shape index (κ3) is 5.96. The molecule has 3 aromatic carbocycles. The molecule has 1 amide bonds. The molecule has 8 nitrogen and oxygen atoms in total. The highest BCUT2D eigenvalue weighted by Gasteiger charge is 2.10. The summed E-state index contributed by atoms with van der Waals surface area (Å²) in [6.45, 7) is -0.0198. The number of ketones is 1. The zero-order valence-corrected chi connectivity index (χ0v) is 18.1. The van der Waals surface area contributed by atoms with Crippen LogP contribution in [0.15, 0.2) is 79.0 Å². The fourth-order valence-corrected chi connectivity index (χ4v) is 3.22. The van der Waals surface area contributed by atoms with Crippen molar-refractivity contribution in [1.29, 1.82) is 0 Å². The number of fused-ring (bicyclic) bond motifs is 1. The second-order valence-corrected chi connectivity index (χ2v) is 7.27. The maximum Gasteiger partial charge on any atom is 0.250 e. The van der Waals surface area contributed by atoms with Crippen molar-refractivity contribution in [3.05, 3.63) is 79.0 Å². The number of carbonyl (C=O) groups excluding carboxylic acids is 2. The monoisotopic (exact) mass is 445 g/mol.